The molecule has 1 saturated heterocycles. The zero-order valence-corrected chi connectivity index (χ0v) is 10.8. The molecule has 0 aliphatic carbocycles. The molecule has 2 rings (SSSR count). The molecule has 0 unspecified atom stereocenters. The molecule has 5 nitrogen and oxygen atoms in total. The van der Waals surface area contributed by atoms with E-state index in [0.717, 1.165) is 13.1 Å². The highest BCUT2D eigenvalue weighted by molar-refractivity contribution is 5.93. The number of carbonyl (C=O) groups excluding carboxylic acids is 1. The maximum atomic E-state index is 11.7. The second kappa shape index (κ2) is 7.20. The van der Waals surface area contributed by atoms with Crippen molar-refractivity contribution in [3.05, 3.63) is 24.3 Å². The number of rotatable bonds is 3. The number of para-hydroxylation sites is 2. The maximum absolute atomic E-state index is 11.7. The lowest BCUT2D eigenvalue weighted by atomic mass is 10.3. The van der Waals surface area contributed by atoms with E-state index in [0.29, 0.717) is 25.4 Å². The third-order valence-electron chi connectivity index (χ3n) is 2.65. The predicted octanol–water partition coefficient (Wildman–Crippen LogP) is 1.08. The van der Waals surface area contributed by atoms with E-state index in [1.165, 1.54) is 0 Å². The van der Waals surface area contributed by atoms with Crippen LogP contribution in [-0.2, 0) is 9.53 Å². The fourth-order valence-corrected chi connectivity index (χ4v) is 1.73. The number of nitrogens with zero attached hydrogens (tertiary/aromatic N) is 1. The Morgan fingerprint density at radius 3 is 2.67 bits per heavy atom. The summed E-state index contributed by atoms with van der Waals surface area (Å²) in [5.41, 5.74) is 0.450. The van der Waals surface area contributed by atoms with Crippen LogP contribution >= 0.6 is 12.4 Å². The normalized spacial score (nSPS) is 15.8. The molecule has 0 radical (unpaired) electrons. The van der Waals surface area contributed by atoms with Crippen LogP contribution in [0.2, 0.25) is 0 Å². The molecule has 1 aliphatic rings. The third kappa shape index (κ3) is 4.18. The number of halogens is 1. The Labute approximate surface area is 112 Å². The lowest BCUT2D eigenvalue weighted by Crippen LogP contribution is -2.41. The van der Waals surface area contributed by atoms with Crippen LogP contribution in [0.15, 0.2) is 24.3 Å². The van der Waals surface area contributed by atoms with E-state index < -0.39 is 0 Å². The first-order chi connectivity index (χ1) is 8.25. The first-order valence-corrected chi connectivity index (χ1v) is 5.63. The van der Waals surface area contributed by atoms with Gasteiger partial charge in [-0.25, -0.2) is 0 Å². The highest BCUT2D eigenvalue weighted by Gasteiger charge is 2.14. The first-order valence-electron chi connectivity index (χ1n) is 5.63. The molecule has 1 amide bonds. The first kappa shape index (κ1) is 14.8. The van der Waals surface area contributed by atoms with Crippen LogP contribution in [0.4, 0.5) is 5.69 Å². The second-order valence-electron chi connectivity index (χ2n) is 3.95. The van der Waals surface area contributed by atoms with Crippen LogP contribution in [0.3, 0.4) is 0 Å². The van der Waals surface area contributed by atoms with E-state index in [2.05, 4.69) is 5.32 Å². The van der Waals surface area contributed by atoms with Crippen molar-refractivity contribution in [1.82, 2.24) is 4.90 Å². The molecular weight excluding hydrogens is 256 g/mol. The van der Waals surface area contributed by atoms with Crippen molar-refractivity contribution in [3.8, 4) is 5.75 Å². The van der Waals surface area contributed by atoms with Crippen molar-refractivity contribution in [3.63, 3.8) is 0 Å². The molecule has 1 aliphatic heterocycles. The van der Waals surface area contributed by atoms with Crippen molar-refractivity contribution in [2.45, 2.75) is 0 Å². The minimum Gasteiger partial charge on any atom is -0.506 e. The summed E-state index contributed by atoms with van der Waals surface area (Å²) >= 11 is 0. The quantitative estimate of drug-likeness (QED) is 0.809. The topological polar surface area (TPSA) is 61.8 Å². The summed E-state index contributed by atoms with van der Waals surface area (Å²) in [4.78, 5) is 13.8. The summed E-state index contributed by atoms with van der Waals surface area (Å²) in [6, 6.07) is 6.70. The summed E-state index contributed by atoms with van der Waals surface area (Å²) in [5.74, 6) is -0.0313. The van der Waals surface area contributed by atoms with Crippen LogP contribution < -0.4 is 5.32 Å². The summed E-state index contributed by atoms with van der Waals surface area (Å²) in [5, 5.41) is 12.2. The van der Waals surface area contributed by atoms with E-state index in [-0.39, 0.29) is 24.1 Å². The summed E-state index contributed by atoms with van der Waals surface area (Å²) < 4.78 is 5.21. The van der Waals surface area contributed by atoms with Gasteiger partial charge < -0.3 is 15.2 Å². The molecule has 1 fully saturated rings. The molecule has 18 heavy (non-hydrogen) atoms. The maximum Gasteiger partial charge on any atom is 0.238 e. The Balaban J connectivity index is 0.00000162. The smallest absolute Gasteiger partial charge is 0.238 e. The van der Waals surface area contributed by atoms with Gasteiger partial charge in [-0.15, -0.1) is 12.4 Å². The van der Waals surface area contributed by atoms with Crippen molar-refractivity contribution in [2.24, 2.45) is 0 Å². The van der Waals surface area contributed by atoms with Crippen molar-refractivity contribution in [2.75, 3.05) is 38.2 Å². The molecule has 1 aromatic rings. The fourth-order valence-electron chi connectivity index (χ4n) is 1.73. The lowest BCUT2D eigenvalue weighted by Gasteiger charge is -2.25. The number of morpholine rings is 1. The Morgan fingerprint density at radius 2 is 2.00 bits per heavy atom. The predicted molar refractivity (Wildman–Crippen MR) is 71.2 cm³/mol. The average Bonchev–Trinajstić information content (AvgIpc) is 2.33. The van der Waals surface area contributed by atoms with Crippen LogP contribution in [0, 0.1) is 0 Å². The Hall–Kier alpha value is -1.30. The van der Waals surface area contributed by atoms with Gasteiger partial charge in [0.05, 0.1) is 25.4 Å². The van der Waals surface area contributed by atoms with E-state index in [4.69, 9.17) is 4.74 Å². The number of anilines is 1. The van der Waals surface area contributed by atoms with Gasteiger partial charge in [0, 0.05) is 13.1 Å². The van der Waals surface area contributed by atoms with Gasteiger partial charge in [0.25, 0.3) is 0 Å². The fraction of sp³-hybridized carbons (Fsp3) is 0.417. The molecule has 1 heterocycles. The molecule has 1 aromatic carbocycles. The van der Waals surface area contributed by atoms with E-state index in [1.54, 1.807) is 24.3 Å². The number of ether oxygens (including phenoxy) is 1. The van der Waals surface area contributed by atoms with Crippen LogP contribution in [0.1, 0.15) is 0 Å². The number of aromatic hydroxyl groups is 1. The van der Waals surface area contributed by atoms with Gasteiger partial charge in [0.2, 0.25) is 5.91 Å². The van der Waals surface area contributed by atoms with Gasteiger partial charge in [-0.1, -0.05) is 12.1 Å². The molecule has 0 atom stereocenters. The number of phenols is 1. The third-order valence-corrected chi connectivity index (χ3v) is 2.65. The molecule has 2 N–H and O–H groups in total. The van der Waals surface area contributed by atoms with Crippen LogP contribution in [0.5, 0.6) is 5.75 Å². The molecule has 100 valence electrons. The van der Waals surface area contributed by atoms with Crippen LogP contribution in [-0.4, -0.2) is 48.8 Å². The summed E-state index contributed by atoms with van der Waals surface area (Å²) in [6.07, 6.45) is 0. The second-order valence-corrected chi connectivity index (χ2v) is 3.95. The average molecular weight is 273 g/mol. The van der Waals surface area contributed by atoms with Gasteiger partial charge in [-0.05, 0) is 12.1 Å². The standard InChI is InChI=1S/C12H16N2O3.ClH/c15-11-4-2-1-3-10(11)13-12(16)9-14-5-7-17-8-6-14;/h1-4,15H,5-9H2,(H,13,16);1H. The summed E-state index contributed by atoms with van der Waals surface area (Å²) in [6.45, 7) is 3.22. The van der Waals surface area contributed by atoms with Crippen molar-refractivity contribution in [1.29, 1.82) is 0 Å². The number of benzene rings is 1. The Bertz CT molecular complexity index is 395. The SMILES string of the molecule is Cl.O=C(CN1CCOCC1)Nc1ccccc1O. The molecular formula is C12H17ClN2O3. The molecule has 0 aromatic heterocycles. The number of phenolic OH excluding ortho intramolecular Hbond substituents is 1. The van der Waals surface area contributed by atoms with E-state index in [1.807, 2.05) is 4.90 Å². The van der Waals surface area contributed by atoms with Gasteiger partial charge in [-0.3, -0.25) is 9.69 Å². The van der Waals surface area contributed by atoms with Gasteiger partial charge in [0.1, 0.15) is 5.75 Å². The number of hydrogen-bond acceptors (Lipinski definition) is 4. The molecule has 6 heteroatoms. The van der Waals surface area contributed by atoms with E-state index in [9.17, 15) is 9.90 Å². The monoisotopic (exact) mass is 272 g/mol. The number of carbonyl (C=O) groups is 1. The van der Waals surface area contributed by atoms with Crippen molar-refractivity contribution < 1.29 is 14.6 Å². The van der Waals surface area contributed by atoms with E-state index >= 15 is 0 Å². The minimum absolute atomic E-state index is 0. The van der Waals surface area contributed by atoms with Gasteiger partial charge in [-0.2, -0.15) is 0 Å². The molecule has 0 bridgehead atoms. The zero-order valence-electron chi connectivity index (χ0n) is 9.96. The number of hydrogen-bond donors (Lipinski definition) is 2. The Kier molecular flexibility index (Phi) is 5.91. The summed E-state index contributed by atoms with van der Waals surface area (Å²) in [7, 11) is 0. The largest absolute Gasteiger partial charge is 0.506 e. The van der Waals surface area contributed by atoms with Gasteiger partial charge in [0.15, 0.2) is 0 Å². The minimum atomic E-state index is -0.117. The van der Waals surface area contributed by atoms with Crippen LogP contribution in [0.25, 0.3) is 0 Å². The number of nitrogens with one attached hydrogen (secondary N) is 1. The van der Waals surface area contributed by atoms with Gasteiger partial charge >= 0.3 is 0 Å². The number of amides is 1. The lowest BCUT2D eigenvalue weighted by molar-refractivity contribution is -0.118. The van der Waals surface area contributed by atoms with Crippen molar-refractivity contribution >= 4 is 24.0 Å². The molecule has 0 saturated carbocycles. The Morgan fingerprint density at radius 1 is 1.33 bits per heavy atom. The molecule has 0 spiro atoms. The highest BCUT2D eigenvalue weighted by atomic mass is 35.5. The zero-order chi connectivity index (χ0) is 12.1. The highest BCUT2D eigenvalue weighted by Crippen LogP contribution is 2.21.